The number of nitrogens with zero attached hydrogens (tertiary/aromatic N) is 5. The number of amides is 1. The van der Waals surface area contributed by atoms with E-state index in [2.05, 4.69) is 20.1 Å². The molecule has 4 aromatic rings. The summed E-state index contributed by atoms with van der Waals surface area (Å²) in [5.41, 5.74) is 1.63. The summed E-state index contributed by atoms with van der Waals surface area (Å²) < 4.78 is 40.4. The van der Waals surface area contributed by atoms with Crippen LogP contribution in [0, 0.1) is 5.92 Å². The van der Waals surface area contributed by atoms with Gasteiger partial charge < -0.3 is 15.0 Å². The van der Waals surface area contributed by atoms with Crippen LogP contribution in [-0.4, -0.2) is 53.7 Å². The average Bonchev–Trinajstić information content (AvgIpc) is 3.43. The number of aromatic nitrogens is 5. The molecule has 0 spiro atoms. The van der Waals surface area contributed by atoms with Gasteiger partial charge in [-0.2, -0.15) is 23.0 Å². The fourth-order valence-corrected chi connectivity index (χ4v) is 4.65. The van der Waals surface area contributed by atoms with Gasteiger partial charge in [-0.25, -0.2) is 4.98 Å². The minimum atomic E-state index is -4.50. The zero-order chi connectivity index (χ0) is 25.4. The number of halogens is 3. The normalized spacial score (nSPS) is 15.1. The zero-order valence-corrected chi connectivity index (χ0v) is 19.6. The number of piperidine rings is 1. The van der Waals surface area contributed by atoms with Gasteiger partial charge in [-0.1, -0.05) is 12.1 Å². The standard InChI is InChI=1S/C25H25F3N6O2/c1-15(35)33-12-10-16(11-13-33)6-8-18-22(21-9-7-17(14-29-21)25(26,27)28)32-34(23(18)36)24-30-19-4-2-3-5-20(19)31-24/h2-5,7,9,14,16,36H,6,8,10-13H2,1H3,(H,30,31). The van der Waals surface area contributed by atoms with Gasteiger partial charge in [0.25, 0.3) is 0 Å². The SMILES string of the molecule is CC(=O)N1CCC(CCc2c(-c3ccc(C(F)(F)F)cn3)nn(-c3nc4ccccc4[nH]3)c2O)CC1. The van der Waals surface area contributed by atoms with Gasteiger partial charge in [-0.3, -0.25) is 9.78 Å². The number of para-hydroxylation sites is 2. The molecule has 0 aliphatic carbocycles. The van der Waals surface area contributed by atoms with E-state index in [0.29, 0.717) is 48.2 Å². The molecule has 1 aliphatic rings. The molecule has 1 fully saturated rings. The number of hydrogen-bond acceptors (Lipinski definition) is 5. The van der Waals surface area contributed by atoms with Crippen LogP contribution in [-0.2, 0) is 17.4 Å². The van der Waals surface area contributed by atoms with Gasteiger partial charge in [0.1, 0.15) is 5.69 Å². The Morgan fingerprint density at radius 2 is 1.92 bits per heavy atom. The second-order valence-electron chi connectivity index (χ2n) is 9.06. The second kappa shape index (κ2) is 9.29. The molecule has 1 amide bonds. The number of hydrogen-bond donors (Lipinski definition) is 2. The lowest BCUT2D eigenvalue weighted by molar-refractivity contribution is -0.137. The quantitative estimate of drug-likeness (QED) is 0.415. The maximum absolute atomic E-state index is 13.1. The highest BCUT2D eigenvalue weighted by Gasteiger charge is 2.31. The van der Waals surface area contributed by atoms with Crippen molar-refractivity contribution in [3.05, 3.63) is 53.7 Å². The van der Waals surface area contributed by atoms with Gasteiger partial charge >= 0.3 is 6.18 Å². The number of carbonyl (C=O) groups excluding carboxylic acids is 1. The number of rotatable bonds is 5. The molecule has 11 heteroatoms. The van der Waals surface area contributed by atoms with E-state index in [-0.39, 0.29) is 17.5 Å². The summed E-state index contributed by atoms with van der Waals surface area (Å²) >= 11 is 0. The Morgan fingerprint density at radius 3 is 2.56 bits per heavy atom. The molecule has 1 aliphatic heterocycles. The molecule has 188 valence electrons. The third-order valence-corrected chi connectivity index (χ3v) is 6.73. The molecule has 8 nitrogen and oxygen atoms in total. The van der Waals surface area contributed by atoms with Crippen molar-refractivity contribution in [3.63, 3.8) is 0 Å². The van der Waals surface area contributed by atoms with Crippen LogP contribution in [0.3, 0.4) is 0 Å². The highest BCUT2D eigenvalue weighted by atomic mass is 19.4. The lowest BCUT2D eigenvalue weighted by atomic mass is 9.90. The van der Waals surface area contributed by atoms with Gasteiger partial charge in [0.15, 0.2) is 0 Å². The maximum atomic E-state index is 13.1. The summed E-state index contributed by atoms with van der Waals surface area (Å²) in [5.74, 6) is 0.576. The topological polar surface area (TPSA) is 99.9 Å². The number of likely N-dealkylation sites (tertiary alicyclic amines) is 1. The smallest absolute Gasteiger partial charge is 0.417 e. The van der Waals surface area contributed by atoms with Crippen molar-refractivity contribution in [2.75, 3.05) is 13.1 Å². The number of fused-ring (bicyclic) bond motifs is 1. The maximum Gasteiger partial charge on any atom is 0.417 e. The van der Waals surface area contributed by atoms with Crippen LogP contribution in [0.4, 0.5) is 13.2 Å². The van der Waals surface area contributed by atoms with Crippen molar-refractivity contribution >= 4 is 16.9 Å². The van der Waals surface area contributed by atoms with Crippen LogP contribution in [0.5, 0.6) is 5.88 Å². The van der Waals surface area contributed by atoms with E-state index >= 15 is 0 Å². The molecule has 3 aromatic heterocycles. The molecule has 0 radical (unpaired) electrons. The van der Waals surface area contributed by atoms with Crippen molar-refractivity contribution in [1.82, 2.24) is 29.6 Å². The second-order valence-corrected chi connectivity index (χ2v) is 9.06. The first-order valence-electron chi connectivity index (χ1n) is 11.8. The Hall–Kier alpha value is -3.89. The van der Waals surface area contributed by atoms with Crippen LogP contribution < -0.4 is 0 Å². The largest absolute Gasteiger partial charge is 0.493 e. The molecule has 2 N–H and O–H groups in total. The first-order valence-corrected chi connectivity index (χ1v) is 11.8. The van der Waals surface area contributed by atoms with Crippen molar-refractivity contribution in [3.8, 4) is 23.2 Å². The van der Waals surface area contributed by atoms with Gasteiger partial charge in [0.05, 0.1) is 22.3 Å². The van der Waals surface area contributed by atoms with Crippen LogP contribution in [0.15, 0.2) is 42.6 Å². The highest BCUT2D eigenvalue weighted by molar-refractivity contribution is 5.76. The molecule has 0 bridgehead atoms. The first-order chi connectivity index (χ1) is 17.2. The Bertz CT molecular complexity index is 1350. The summed E-state index contributed by atoms with van der Waals surface area (Å²) in [5, 5.41) is 15.7. The predicted octanol–water partition coefficient (Wildman–Crippen LogP) is 4.73. The van der Waals surface area contributed by atoms with E-state index in [1.54, 1.807) is 6.92 Å². The minimum absolute atomic E-state index is 0.0638. The molecule has 4 heterocycles. The summed E-state index contributed by atoms with van der Waals surface area (Å²) in [6, 6.07) is 9.59. The number of alkyl halides is 3. The van der Waals surface area contributed by atoms with Crippen molar-refractivity contribution in [1.29, 1.82) is 0 Å². The van der Waals surface area contributed by atoms with E-state index in [9.17, 15) is 23.1 Å². The molecule has 1 aromatic carbocycles. The molecule has 0 saturated carbocycles. The number of pyridine rings is 1. The number of nitrogens with one attached hydrogen (secondary N) is 1. The molecule has 0 unspecified atom stereocenters. The van der Waals surface area contributed by atoms with Crippen molar-refractivity contribution < 1.29 is 23.1 Å². The Morgan fingerprint density at radius 1 is 1.17 bits per heavy atom. The average molecular weight is 499 g/mol. The number of imidazole rings is 1. The fourth-order valence-electron chi connectivity index (χ4n) is 4.65. The van der Waals surface area contributed by atoms with E-state index in [4.69, 9.17) is 0 Å². The number of H-pyrrole nitrogens is 1. The van der Waals surface area contributed by atoms with E-state index in [1.807, 2.05) is 29.2 Å². The van der Waals surface area contributed by atoms with E-state index < -0.39 is 11.7 Å². The Balaban J connectivity index is 1.47. The predicted molar refractivity (Wildman–Crippen MR) is 126 cm³/mol. The minimum Gasteiger partial charge on any atom is -0.493 e. The molecular formula is C25H25F3N6O2. The number of benzene rings is 1. The zero-order valence-electron chi connectivity index (χ0n) is 19.6. The van der Waals surface area contributed by atoms with Crippen molar-refractivity contribution in [2.45, 2.75) is 38.8 Å². The summed E-state index contributed by atoms with van der Waals surface area (Å²) in [6.07, 6.45) is -0.835. The van der Waals surface area contributed by atoms with Gasteiger partial charge in [0.2, 0.25) is 17.7 Å². The van der Waals surface area contributed by atoms with Crippen LogP contribution in [0.1, 0.15) is 37.3 Å². The lowest BCUT2D eigenvalue weighted by Gasteiger charge is -2.31. The highest BCUT2D eigenvalue weighted by Crippen LogP contribution is 2.35. The Labute approximate surface area is 204 Å². The number of aromatic hydroxyl groups is 1. The van der Waals surface area contributed by atoms with Gasteiger partial charge in [-0.05, 0) is 55.9 Å². The van der Waals surface area contributed by atoms with Gasteiger partial charge in [0, 0.05) is 31.8 Å². The molecule has 5 rings (SSSR count). The summed E-state index contributed by atoms with van der Waals surface area (Å²) in [7, 11) is 0. The molecule has 1 saturated heterocycles. The lowest BCUT2D eigenvalue weighted by Crippen LogP contribution is -2.37. The fraction of sp³-hybridized carbons (Fsp3) is 0.360. The summed E-state index contributed by atoms with van der Waals surface area (Å²) in [6.45, 7) is 2.95. The summed E-state index contributed by atoms with van der Waals surface area (Å²) in [4.78, 5) is 25.1. The van der Waals surface area contributed by atoms with Gasteiger partial charge in [-0.15, -0.1) is 0 Å². The number of aromatic amines is 1. The first kappa shape index (κ1) is 23.8. The van der Waals surface area contributed by atoms with Crippen molar-refractivity contribution in [2.24, 2.45) is 5.92 Å². The Kier molecular flexibility index (Phi) is 6.15. The van der Waals surface area contributed by atoms with Crippen LogP contribution >= 0.6 is 0 Å². The van der Waals surface area contributed by atoms with Crippen LogP contribution in [0.2, 0.25) is 0 Å². The van der Waals surface area contributed by atoms with E-state index in [0.717, 1.165) is 37.0 Å². The third-order valence-electron chi connectivity index (χ3n) is 6.73. The number of carbonyl (C=O) groups is 1. The third kappa shape index (κ3) is 4.65. The molecule has 36 heavy (non-hydrogen) atoms. The monoisotopic (exact) mass is 498 g/mol. The molecular weight excluding hydrogens is 473 g/mol. The van der Waals surface area contributed by atoms with E-state index in [1.165, 1.54) is 10.7 Å². The van der Waals surface area contributed by atoms with Crippen LogP contribution in [0.25, 0.3) is 28.4 Å². The molecule has 0 atom stereocenters.